The summed E-state index contributed by atoms with van der Waals surface area (Å²) >= 11 is 0. The second-order valence-electron chi connectivity index (χ2n) is 7.92. The second kappa shape index (κ2) is 11.9. The van der Waals surface area contributed by atoms with Crippen LogP contribution in [0.2, 0.25) is 6.04 Å². The van der Waals surface area contributed by atoms with Gasteiger partial charge in [-0.1, -0.05) is 0 Å². The van der Waals surface area contributed by atoms with Crippen LogP contribution in [0.25, 0.3) is 0 Å². The summed E-state index contributed by atoms with van der Waals surface area (Å²) in [5, 5.41) is 0. The van der Waals surface area contributed by atoms with Gasteiger partial charge in [-0.2, -0.15) is 105 Å². The minimum atomic E-state index is -8.96. The smallest absolute Gasteiger partial charge is 0.448 e. The molecule has 0 unspecified atom stereocenters. The lowest BCUT2D eigenvalue weighted by Crippen LogP contribution is -2.72. The highest BCUT2D eigenvalue weighted by Gasteiger charge is 2.93. The van der Waals surface area contributed by atoms with Gasteiger partial charge in [-0.05, 0) is 0 Å². The molecule has 0 radical (unpaired) electrons. The molecule has 0 aromatic rings. The number of carbonyl (C=O) groups is 3. The van der Waals surface area contributed by atoms with E-state index in [0.717, 1.165) is 0 Å². The Labute approximate surface area is 233 Å². The van der Waals surface area contributed by atoms with Gasteiger partial charge in [0.1, 0.15) is 0 Å². The van der Waals surface area contributed by atoms with Crippen LogP contribution < -0.4 is 0 Å². The SMILES string of the molecule is O=C(O[Si](CCC(F)(F)C(F)(F)C(F)(F)C(F)(F)C(F)(F)C(F)(F)C(F)(F)F)(OC(=O)C(F)(F)F)OC(=O)C(F)(F)F)C(F)(F)F. The maximum atomic E-state index is 14.1. The Bertz CT molecular complexity index is 1080. The van der Waals surface area contributed by atoms with Gasteiger partial charge in [0.15, 0.2) is 0 Å². The van der Waals surface area contributed by atoms with Crippen molar-refractivity contribution in [3.8, 4) is 0 Å². The van der Waals surface area contributed by atoms with Crippen molar-refractivity contribution in [2.75, 3.05) is 0 Å². The summed E-state index contributed by atoms with van der Waals surface area (Å²) in [7, 11) is -8.07. The molecule has 0 bridgehead atoms. The predicted octanol–water partition coefficient (Wildman–Crippen LogP) is 7.01. The molecule has 272 valence electrons. The number of rotatable bonds is 11. The summed E-state index contributed by atoms with van der Waals surface area (Å²) in [6.45, 7) is 0. The number of halogens is 24. The van der Waals surface area contributed by atoms with Crippen LogP contribution in [0.15, 0.2) is 0 Å². The fourth-order valence-electron chi connectivity index (χ4n) is 2.28. The van der Waals surface area contributed by atoms with Gasteiger partial charge in [0, 0.05) is 6.42 Å². The Morgan fingerprint density at radius 3 is 0.870 bits per heavy atom. The molecule has 0 spiro atoms. The molecule has 0 saturated heterocycles. The van der Waals surface area contributed by atoms with E-state index in [2.05, 4.69) is 13.3 Å². The van der Waals surface area contributed by atoms with Crippen molar-refractivity contribution in [2.45, 2.75) is 72.7 Å². The van der Waals surface area contributed by atoms with Gasteiger partial charge in [-0.3, -0.25) is 0 Å². The molecular weight excluding hydrogens is 760 g/mol. The molecule has 0 rings (SSSR count). The monoisotopic (exact) mass is 764 g/mol. The Hall–Kier alpha value is -3.05. The first kappa shape index (κ1) is 42.9. The highest BCUT2D eigenvalue weighted by molar-refractivity contribution is 6.66. The molecule has 0 aromatic carbocycles. The first-order valence-electron chi connectivity index (χ1n) is 9.83. The van der Waals surface area contributed by atoms with Crippen molar-refractivity contribution < 1.29 is 133 Å². The van der Waals surface area contributed by atoms with E-state index < -0.39 is 99.4 Å². The third kappa shape index (κ3) is 7.90. The summed E-state index contributed by atoms with van der Waals surface area (Å²) in [6, 6.07) is -3.70. The fraction of sp³-hybridized carbons (Fsp3) is 0.800. The molecule has 0 fully saturated rings. The van der Waals surface area contributed by atoms with Crippen molar-refractivity contribution in [1.29, 1.82) is 0 Å². The van der Waals surface area contributed by atoms with Crippen LogP contribution in [-0.4, -0.2) is 87.0 Å². The van der Waals surface area contributed by atoms with E-state index in [4.69, 9.17) is 0 Å². The van der Waals surface area contributed by atoms with Gasteiger partial charge in [-0.15, -0.1) is 0 Å². The maximum Gasteiger partial charge on any atom is 0.706 e. The van der Waals surface area contributed by atoms with Crippen LogP contribution in [0, 0.1) is 0 Å². The van der Waals surface area contributed by atoms with Crippen LogP contribution in [0.5, 0.6) is 0 Å². The highest BCUT2D eigenvalue weighted by Crippen LogP contribution is 2.63. The molecule has 0 saturated carbocycles. The minimum absolute atomic E-state index is 2.76. The summed E-state index contributed by atoms with van der Waals surface area (Å²) in [6.07, 6.45) is -32.5. The second-order valence-corrected chi connectivity index (χ2v) is 10.4. The maximum absolute atomic E-state index is 14.1. The standard InChI is InChI=1S/C15H4F24O6Si/c16-6(17,10(27,28)11(29,30)12(31,32)13(33,34)14(35,36)15(37,38)39)1-2-46(43-3(40)7(18,19)20,44-4(41)8(21,22)23)45-5(42)9(24,25)26/h1-2H2. The Kier molecular flexibility index (Phi) is 11.1. The zero-order valence-corrected chi connectivity index (χ0v) is 20.9. The van der Waals surface area contributed by atoms with Gasteiger partial charge >= 0.3 is 87.0 Å². The molecular formula is C15H4F24O6Si. The van der Waals surface area contributed by atoms with E-state index in [9.17, 15) is 120 Å². The van der Waals surface area contributed by atoms with Crippen LogP contribution in [0.3, 0.4) is 0 Å². The zero-order chi connectivity index (χ0) is 37.8. The Morgan fingerprint density at radius 2 is 0.630 bits per heavy atom. The van der Waals surface area contributed by atoms with E-state index >= 15 is 0 Å². The molecule has 0 aromatic heterocycles. The lowest BCUT2D eigenvalue weighted by molar-refractivity contribution is -0.452. The minimum Gasteiger partial charge on any atom is -0.448 e. The highest BCUT2D eigenvalue weighted by atomic mass is 28.4. The Morgan fingerprint density at radius 1 is 0.391 bits per heavy atom. The number of hydrogen-bond donors (Lipinski definition) is 0. The molecule has 0 heterocycles. The average molecular weight is 764 g/mol. The normalized spacial score (nSPS) is 15.4. The molecule has 0 atom stereocenters. The average Bonchev–Trinajstić information content (AvgIpc) is 2.79. The van der Waals surface area contributed by atoms with Gasteiger partial charge in [0.2, 0.25) is 0 Å². The van der Waals surface area contributed by atoms with Crippen LogP contribution in [0.1, 0.15) is 6.42 Å². The zero-order valence-electron chi connectivity index (χ0n) is 19.9. The Balaban J connectivity index is 7.23. The molecule has 0 aliphatic carbocycles. The van der Waals surface area contributed by atoms with Crippen molar-refractivity contribution in [3.05, 3.63) is 0 Å². The van der Waals surface area contributed by atoms with Gasteiger partial charge in [-0.25, -0.2) is 14.4 Å². The summed E-state index contributed by atoms with van der Waals surface area (Å²) in [4.78, 5) is 32.9. The number of hydrogen-bond acceptors (Lipinski definition) is 6. The van der Waals surface area contributed by atoms with Crippen molar-refractivity contribution in [3.63, 3.8) is 0 Å². The predicted molar refractivity (Wildman–Crippen MR) is 87.4 cm³/mol. The summed E-state index contributed by atoms with van der Waals surface area (Å²) < 4.78 is 320. The van der Waals surface area contributed by atoms with E-state index in [1.54, 1.807) is 0 Å². The summed E-state index contributed by atoms with van der Waals surface area (Å²) in [5.41, 5.74) is 0. The van der Waals surface area contributed by atoms with E-state index in [1.807, 2.05) is 0 Å². The van der Waals surface area contributed by atoms with Crippen LogP contribution in [0.4, 0.5) is 105 Å². The molecule has 0 amide bonds. The quantitative estimate of drug-likeness (QED) is 0.167. The third-order valence-corrected chi connectivity index (χ3v) is 6.93. The fourth-order valence-corrected chi connectivity index (χ4v) is 4.53. The largest absolute Gasteiger partial charge is 0.706 e. The van der Waals surface area contributed by atoms with Gasteiger partial charge < -0.3 is 13.3 Å². The first-order chi connectivity index (χ1) is 19.6. The molecule has 46 heavy (non-hydrogen) atoms. The first-order valence-corrected chi connectivity index (χ1v) is 11.8. The lowest BCUT2D eigenvalue weighted by atomic mass is 9.90. The van der Waals surface area contributed by atoms with Crippen LogP contribution >= 0.6 is 0 Å². The van der Waals surface area contributed by atoms with E-state index in [1.165, 1.54) is 0 Å². The topological polar surface area (TPSA) is 78.9 Å². The number of alkyl halides is 24. The molecule has 0 N–H and O–H groups in total. The molecule has 0 aliphatic heterocycles. The van der Waals surface area contributed by atoms with Crippen molar-refractivity contribution >= 4 is 26.7 Å². The molecule has 0 aliphatic rings. The lowest BCUT2D eigenvalue weighted by Gasteiger charge is -2.41. The van der Waals surface area contributed by atoms with Crippen molar-refractivity contribution in [1.82, 2.24) is 0 Å². The van der Waals surface area contributed by atoms with E-state index in [0.29, 0.717) is 0 Å². The third-order valence-electron chi connectivity index (χ3n) is 4.58. The van der Waals surface area contributed by atoms with Crippen LogP contribution in [-0.2, 0) is 27.7 Å². The molecule has 6 nitrogen and oxygen atoms in total. The van der Waals surface area contributed by atoms with Gasteiger partial charge in [0.05, 0.1) is 6.04 Å². The van der Waals surface area contributed by atoms with Crippen molar-refractivity contribution in [2.24, 2.45) is 0 Å². The number of carbonyl (C=O) groups excluding carboxylic acids is 3. The van der Waals surface area contributed by atoms with E-state index in [-0.39, 0.29) is 0 Å². The molecule has 31 heteroatoms. The van der Waals surface area contributed by atoms with Gasteiger partial charge in [0.25, 0.3) is 0 Å². The summed E-state index contributed by atoms with van der Waals surface area (Å²) in [5.74, 6) is -64.2.